The highest BCUT2D eigenvalue weighted by Crippen LogP contribution is 2.18. The predicted molar refractivity (Wildman–Crippen MR) is 129 cm³/mol. The molecule has 3 rings (SSSR count). The molecule has 0 fully saturated rings. The fourth-order valence-electron chi connectivity index (χ4n) is 3.69. The molecule has 3 aromatic rings. The van der Waals surface area contributed by atoms with E-state index in [0.717, 1.165) is 12.0 Å². The van der Waals surface area contributed by atoms with E-state index in [9.17, 15) is 18.4 Å². The molecule has 0 aliphatic heterocycles. The summed E-state index contributed by atoms with van der Waals surface area (Å²) >= 11 is 0. The van der Waals surface area contributed by atoms with Gasteiger partial charge in [0.05, 0.1) is 6.42 Å². The first-order valence-electron chi connectivity index (χ1n) is 11.5. The van der Waals surface area contributed by atoms with Crippen molar-refractivity contribution in [3.05, 3.63) is 107 Å². The van der Waals surface area contributed by atoms with Crippen LogP contribution in [0.3, 0.4) is 0 Å². The number of halogens is 2. The Morgan fingerprint density at radius 3 is 2.18 bits per heavy atom. The molecule has 0 bridgehead atoms. The fraction of sp³-hybridized carbons (Fsp3) is 0.286. The van der Waals surface area contributed by atoms with Crippen molar-refractivity contribution in [1.82, 2.24) is 10.2 Å². The van der Waals surface area contributed by atoms with E-state index < -0.39 is 11.9 Å². The Bertz CT molecular complexity index is 1090. The highest BCUT2D eigenvalue weighted by atomic mass is 19.1. The SMILES string of the molecule is CC[C@H](C)NC(=O)[C@@H](Cc1ccccc1)N(Cc1ccc(F)cc1)C(=O)Cc1ccccc1F. The molecule has 2 amide bonds. The molecule has 178 valence electrons. The lowest BCUT2D eigenvalue weighted by molar-refractivity contribution is -0.141. The third-order valence-electron chi connectivity index (χ3n) is 5.84. The summed E-state index contributed by atoms with van der Waals surface area (Å²) in [5.74, 6) is -1.51. The van der Waals surface area contributed by atoms with Gasteiger partial charge in [-0.2, -0.15) is 0 Å². The third-order valence-corrected chi connectivity index (χ3v) is 5.84. The Labute approximate surface area is 199 Å². The van der Waals surface area contributed by atoms with E-state index in [0.29, 0.717) is 12.0 Å². The minimum atomic E-state index is -0.819. The molecular formula is C28H30F2N2O2. The van der Waals surface area contributed by atoms with Crippen LogP contribution in [0, 0.1) is 11.6 Å². The molecule has 34 heavy (non-hydrogen) atoms. The van der Waals surface area contributed by atoms with Gasteiger partial charge in [-0.05, 0) is 48.2 Å². The van der Waals surface area contributed by atoms with Crippen molar-refractivity contribution in [2.75, 3.05) is 0 Å². The summed E-state index contributed by atoms with van der Waals surface area (Å²) in [6.45, 7) is 3.97. The van der Waals surface area contributed by atoms with Crippen molar-refractivity contribution in [1.29, 1.82) is 0 Å². The molecule has 3 aromatic carbocycles. The zero-order valence-corrected chi connectivity index (χ0v) is 19.5. The summed E-state index contributed by atoms with van der Waals surface area (Å²) < 4.78 is 27.8. The van der Waals surface area contributed by atoms with E-state index in [1.807, 2.05) is 44.2 Å². The number of carbonyl (C=O) groups is 2. The van der Waals surface area contributed by atoms with Crippen LogP contribution in [0.5, 0.6) is 0 Å². The van der Waals surface area contributed by atoms with Crippen LogP contribution in [0.4, 0.5) is 8.78 Å². The molecule has 0 saturated carbocycles. The maximum Gasteiger partial charge on any atom is 0.243 e. The second-order valence-electron chi connectivity index (χ2n) is 8.44. The monoisotopic (exact) mass is 464 g/mol. The summed E-state index contributed by atoms with van der Waals surface area (Å²) in [5, 5.41) is 2.99. The lowest BCUT2D eigenvalue weighted by atomic mass is 10.0. The van der Waals surface area contributed by atoms with E-state index in [4.69, 9.17) is 0 Å². The molecule has 0 saturated heterocycles. The topological polar surface area (TPSA) is 49.4 Å². The van der Waals surface area contributed by atoms with Gasteiger partial charge >= 0.3 is 0 Å². The van der Waals surface area contributed by atoms with Crippen molar-refractivity contribution in [2.24, 2.45) is 0 Å². The summed E-state index contributed by atoms with van der Waals surface area (Å²) in [4.78, 5) is 28.4. The smallest absolute Gasteiger partial charge is 0.243 e. The number of nitrogens with zero attached hydrogens (tertiary/aromatic N) is 1. The van der Waals surface area contributed by atoms with Gasteiger partial charge in [0.15, 0.2) is 0 Å². The Morgan fingerprint density at radius 2 is 1.53 bits per heavy atom. The minimum Gasteiger partial charge on any atom is -0.352 e. The number of hydrogen-bond donors (Lipinski definition) is 1. The van der Waals surface area contributed by atoms with Crippen LogP contribution in [0.1, 0.15) is 37.0 Å². The van der Waals surface area contributed by atoms with Crippen molar-refractivity contribution < 1.29 is 18.4 Å². The number of carbonyl (C=O) groups excluding carboxylic acids is 2. The van der Waals surface area contributed by atoms with Gasteiger partial charge in [-0.3, -0.25) is 9.59 Å². The summed E-state index contributed by atoms with van der Waals surface area (Å²) in [5.41, 5.74) is 1.84. The first-order chi connectivity index (χ1) is 16.4. The average Bonchev–Trinajstić information content (AvgIpc) is 2.84. The zero-order valence-electron chi connectivity index (χ0n) is 19.5. The van der Waals surface area contributed by atoms with Crippen LogP contribution in [0.2, 0.25) is 0 Å². The predicted octanol–water partition coefficient (Wildman–Crippen LogP) is 5.06. The molecule has 2 atom stereocenters. The molecule has 0 radical (unpaired) electrons. The first-order valence-corrected chi connectivity index (χ1v) is 11.5. The summed E-state index contributed by atoms with van der Waals surface area (Å²) in [6.07, 6.45) is 0.855. The first kappa shape index (κ1) is 25.1. The molecule has 6 heteroatoms. The lowest BCUT2D eigenvalue weighted by Crippen LogP contribution is -2.52. The van der Waals surface area contributed by atoms with Crippen LogP contribution in [0.15, 0.2) is 78.9 Å². The number of rotatable bonds is 10. The zero-order chi connectivity index (χ0) is 24.5. The molecular weight excluding hydrogens is 434 g/mol. The van der Waals surface area contributed by atoms with Crippen LogP contribution < -0.4 is 5.32 Å². The van der Waals surface area contributed by atoms with Crippen molar-refractivity contribution in [3.8, 4) is 0 Å². The highest BCUT2D eigenvalue weighted by molar-refractivity contribution is 5.89. The van der Waals surface area contributed by atoms with Crippen molar-refractivity contribution >= 4 is 11.8 Å². The number of benzene rings is 3. The van der Waals surface area contributed by atoms with Gasteiger partial charge in [-0.15, -0.1) is 0 Å². The molecule has 0 aromatic heterocycles. The molecule has 0 spiro atoms. The lowest BCUT2D eigenvalue weighted by Gasteiger charge is -2.32. The third kappa shape index (κ3) is 6.98. The van der Waals surface area contributed by atoms with Gasteiger partial charge in [0.1, 0.15) is 17.7 Å². The van der Waals surface area contributed by atoms with Gasteiger partial charge in [-0.1, -0.05) is 67.6 Å². The van der Waals surface area contributed by atoms with E-state index >= 15 is 0 Å². The van der Waals surface area contributed by atoms with E-state index in [2.05, 4.69) is 5.32 Å². The second kappa shape index (κ2) is 12.1. The molecule has 0 aliphatic carbocycles. The number of hydrogen-bond acceptors (Lipinski definition) is 2. The van der Waals surface area contributed by atoms with E-state index in [1.54, 1.807) is 30.3 Å². The summed E-state index contributed by atoms with van der Waals surface area (Å²) in [6, 6.07) is 20.5. The molecule has 0 unspecified atom stereocenters. The molecule has 0 aliphatic rings. The van der Waals surface area contributed by atoms with Crippen LogP contribution in [-0.4, -0.2) is 28.8 Å². The largest absolute Gasteiger partial charge is 0.352 e. The number of amides is 2. The number of nitrogens with one attached hydrogen (secondary N) is 1. The quantitative estimate of drug-likeness (QED) is 0.456. The van der Waals surface area contributed by atoms with Crippen molar-refractivity contribution in [2.45, 2.75) is 51.7 Å². The second-order valence-corrected chi connectivity index (χ2v) is 8.44. The van der Waals surface area contributed by atoms with Gasteiger partial charge in [0.2, 0.25) is 11.8 Å². The van der Waals surface area contributed by atoms with Crippen LogP contribution in [-0.2, 0) is 29.0 Å². The molecule has 1 N–H and O–H groups in total. The average molecular weight is 465 g/mol. The Morgan fingerprint density at radius 1 is 0.882 bits per heavy atom. The minimum absolute atomic E-state index is 0.0693. The standard InChI is InChI=1S/C28H30F2N2O2/c1-3-20(2)31-28(34)26(17-21-9-5-4-6-10-21)32(19-22-13-15-24(29)16-14-22)27(33)18-23-11-7-8-12-25(23)30/h4-16,20,26H,3,17-19H2,1-2H3,(H,31,34)/t20-,26+/m0/s1. The Balaban J connectivity index is 1.97. The molecule has 0 heterocycles. The van der Waals surface area contributed by atoms with Crippen LogP contribution >= 0.6 is 0 Å². The fourth-order valence-corrected chi connectivity index (χ4v) is 3.69. The molecule has 4 nitrogen and oxygen atoms in total. The highest BCUT2D eigenvalue weighted by Gasteiger charge is 2.31. The van der Waals surface area contributed by atoms with E-state index in [-0.39, 0.29) is 42.2 Å². The maximum atomic E-state index is 14.3. The van der Waals surface area contributed by atoms with Gasteiger partial charge < -0.3 is 10.2 Å². The Kier molecular flexibility index (Phi) is 8.91. The van der Waals surface area contributed by atoms with Gasteiger partial charge in [0.25, 0.3) is 0 Å². The van der Waals surface area contributed by atoms with E-state index in [1.165, 1.54) is 23.1 Å². The van der Waals surface area contributed by atoms with Gasteiger partial charge in [0, 0.05) is 19.0 Å². The van der Waals surface area contributed by atoms with Crippen molar-refractivity contribution in [3.63, 3.8) is 0 Å². The Hall–Kier alpha value is -3.54. The maximum absolute atomic E-state index is 14.3. The van der Waals surface area contributed by atoms with Crippen LogP contribution in [0.25, 0.3) is 0 Å². The normalized spacial score (nSPS) is 12.6. The summed E-state index contributed by atoms with van der Waals surface area (Å²) in [7, 11) is 0. The van der Waals surface area contributed by atoms with Gasteiger partial charge in [-0.25, -0.2) is 8.78 Å².